The highest BCUT2D eigenvalue weighted by Crippen LogP contribution is 2.54. The topological polar surface area (TPSA) is 40.6 Å². The Bertz CT molecular complexity index is 1870. The van der Waals surface area contributed by atoms with Crippen molar-refractivity contribution in [3.05, 3.63) is 156 Å². The van der Waals surface area contributed by atoms with E-state index in [2.05, 4.69) is 48.5 Å². The largest absolute Gasteiger partial charge is 0.306 e. The molecule has 4 nitrogen and oxygen atoms in total. The summed E-state index contributed by atoms with van der Waals surface area (Å²) in [6.45, 7) is 0.773. The lowest BCUT2D eigenvalue weighted by molar-refractivity contribution is -0.131. The van der Waals surface area contributed by atoms with Crippen molar-refractivity contribution < 1.29 is 9.59 Å². The smallest absolute Gasteiger partial charge is 0.252 e. The first-order chi connectivity index (χ1) is 20.2. The van der Waals surface area contributed by atoms with Crippen LogP contribution in [0.4, 0.5) is 11.4 Å². The second-order valence-corrected chi connectivity index (χ2v) is 10.8. The fourth-order valence-corrected chi connectivity index (χ4v) is 6.89. The van der Waals surface area contributed by atoms with Gasteiger partial charge in [0.05, 0.1) is 13.1 Å². The lowest BCUT2D eigenvalue weighted by Gasteiger charge is -2.25. The van der Waals surface area contributed by atoms with Crippen LogP contribution in [0.5, 0.6) is 0 Å². The molecular formula is C37H26N2O2. The van der Waals surface area contributed by atoms with Gasteiger partial charge in [-0.15, -0.1) is 0 Å². The van der Waals surface area contributed by atoms with Gasteiger partial charge in [0.1, 0.15) is 0 Å². The van der Waals surface area contributed by atoms with Crippen molar-refractivity contribution in [1.82, 2.24) is 0 Å². The van der Waals surface area contributed by atoms with Gasteiger partial charge in [0.15, 0.2) is 5.41 Å². The molecule has 41 heavy (non-hydrogen) atoms. The van der Waals surface area contributed by atoms with Gasteiger partial charge in [0, 0.05) is 22.5 Å². The molecule has 1 spiro atoms. The van der Waals surface area contributed by atoms with E-state index in [-0.39, 0.29) is 11.8 Å². The first-order valence-electron chi connectivity index (χ1n) is 13.9. The van der Waals surface area contributed by atoms with Gasteiger partial charge in [-0.05, 0) is 44.8 Å². The second kappa shape index (κ2) is 8.90. The number of para-hydroxylation sites is 2. The maximum atomic E-state index is 14.8. The van der Waals surface area contributed by atoms with E-state index >= 15 is 0 Å². The number of fused-ring (bicyclic) bond motifs is 6. The average Bonchev–Trinajstić information content (AvgIpc) is 3.42. The van der Waals surface area contributed by atoms with Crippen LogP contribution in [-0.4, -0.2) is 11.8 Å². The summed E-state index contributed by atoms with van der Waals surface area (Å²) >= 11 is 0. The zero-order chi connectivity index (χ0) is 27.6. The zero-order valence-electron chi connectivity index (χ0n) is 22.3. The van der Waals surface area contributed by atoms with Crippen LogP contribution in [0.1, 0.15) is 22.3 Å². The average molecular weight is 531 g/mol. The molecule has 0 fully saturated rings. The minimum Gasteiger partial charge on any atom is -0.306 e. The molecular weight excluding hydrogens is 504 g/mol. The molecule has 6 aromatic rings. The highest BCUT2D eigenvalue weighted by Gasteiger charge is 2.63. The number of anilines is 2. The van der Waals surface area contributed by atoms with Gasteiger partial charge in [-0.3, -0.25) is 9.59 Å². The third-order valence-corrected chi connectivity index (χ3v) is 8.75. The predicted molar refractivity (Wildman–Crippen MR) is 164 cm³/mol. The molecule has 0 radical (unpaired) electrons. The summed E-state index contributed by atoms with van der Waals surface area (Å²) in [5.41, 5.74) is 3.78. The van der Waals surface area contributed by atoms with Gasteiger partial charge in [0.25, 0.3) is 11.8 Å². The molecule has 8 rings (SSSR count). The van der Waals surface area contributed by atoms with E-state index in [1.807, 2.05) is 94.7 Å². The zero-order valence-corrected chi connectivity index (χ0v) is 22.3. The summed E-state index contributed by atoms with van der Waals surface area (Å²) in [5.74, 6) is -0.381. The summed E-state index contributed by atoms with van der Waals surface area (Å²) in [7, 11) is 0. The summed E-state index contributed by atoms with van der Waals surface area (Å²) in [4.78, 5) is 33.2. The molecule has 2 heterocycles. The van der Waals surface area contributed by atoms with Crippen molar-refractivity contribution in [1.29, 1.82) is 0 Å². The Hall–Kier alpha value is -5.22. The Labute approximate surface area is 238 Å². The van der Waals surface area contributed by atoms with E-state index in [4.69, 9.17) is 0 Å². The number of benzene rings is 6. The van der Waals surface area contributed by atoms with Gasteiger partial charge in [-0.25, -0.2) is 0 Å². The molecule has 0 saturated carbocycles. The summed E-state index contributed by atoms with van der Waals surface area (Å²) in [6.07, 6.45) is 0. The van der Waals surface area contributed by atoms with Gasteiger partial charge in [0.2, 0.25) is 0 Å². The predicted octanol–water partition coefficient (Wildman–Crippen LogP) is 7.37. The fourth-order valence-electron chi connectivity index (χ4n) is 6.89. The molecule has 0 saturated heterocycles. The van der Waals surface area contributed by atoms with Crippen LogP contribution in [0.25, 0.3) is 21.5 Å². The summed E-state index contributed by atoms with van der Waals surface area (Å²) in [6, 6.07) is 44.4. The Kier molecular flexibility index (Phi) is 5.13. The van der Waals surface area contributed by atoms with E-state index in [0.717, 1.165) is 55.2 Å². The van der Waals surface area contributed by atoms with Crippen LogP contribution in [0.3, 0.4) is 0 Å². The molecule has 0 unspecified atom stereocenters. The maximum absolute atomic E-state index is 14.8. The molecule has 2 amide bonds. The van der Waals surface area contributed by atoms with E-state index in [9.17, 15) is 9.59 Å². The van der Waals surface area contributed by atoms with Crippen LogP contribution in [0.2, 0.25) is 0 Å². The van der Waals surface area contributed by atoms with Gasteiger partial charge in [-0.2, -0.15) is 0 Å². The van der Waals surface area contributed by atoms with Crippen LogP contribution >= 0.6 is 0 Å². The Balaban J connectivity index is 1.27. The number of hydrogen-bond donors (Lipinski definition) is 0. The fraction of sp³-hybridized carbons (Fsp3) is 0.0811. The third-order valence-electron chi connectivity index (χ3n) is 8.75. The number of nitrogens with zero attached hydrogens (tertiary/aromatic N) is 2. The highest BCUT2D eigenvalue weighted by atomic mass is 16.2. The molecule has 196 valence electrons. The van der Waals surface area contributed by atoms with Crippen molar-refractivity contribution in [2.75, 3.05) is 9.80 Å². The van der Waals surface area contributed by atoms with Gasteiger partial charge in [-0.1, -0.05) is 121 Å². The lowest BCUT2D eigenvalue weighted by Crippen LogP contribution is -2.48. The lowest BCUT2D eigenvalue weighted by atomic mass is 9.76. The Morgan fingerprint density at radius 1 is 0.439 bits per heavy atom. The summed E-state index contributed by atoms with van der Waals surface area (Å²) < 4.78 is 0. The van der Waals surface area contributed by atoms with Crippen LogP contribution in [0.15, 0.2) is 133 Å². The first kappa shape index (κ1) is 23.6. The maximum Gasteiger partial charge on any atom is 0.252 e. The minimum absolute atomic E-state index is 0.190. The normalized spacial score (nSPS) is 15.2. The number of amides is 2. The van der Waals surface area contributed by atoms with Gasteiger partial charge < -0.3 is 9.80 Å². The molecule has 0 aromatic heterocycles. The molecule has 4 heteroatoms. The van der Waals surface area contributed by atoms with Crippen LogP contribution in [0, 0.1) is 0 Å². The SMILES string of the molecule is O=C1N(Cc2cccc3ccccc23)c2ccccc2C12C(=O)N(Cc1cccc3ccccc13)c1ccccc12. The van der Waals surface area contributed by atoms with E-state index in [1.165, 1.54) is 0 Å². The second-order valence-electron chi connectivity index (χ2n) is 10.8. The number of carbonyl (C=O) groups excluding carboxylic acids is 2. The highest BCUT2D eigenvalue weighted by molar-refractivity contribution is 6.31. The monoisotopic (exact) mass is 530 g/mol. The van der Waals surface area contributed by atoms with Crippen molar-refractivity contribution in [2.45, 2.75) is 18.5 Å². The van der Waals surface area contributed by atoms with E-state index in [1.54, 1.807) is 0 Å². The molecule has 6 aromatic carbocycles. The molecule has 2 aliphatic rings. The number of hydrogen-bond acceptors (Lipinski definition) is 2. The minimum atomic E-state index is -1.41. The number of rotatable bonds is 4. The van der Waals surface area contributed by atoms with Crippen molar-refractivity contribution in [3.63, 3.8) is 0 Å². The Morgan fingerprint density at radius 3 is 1.32 bits per heavy atom. The quantitative estimate of drug-likeness (QED) is 0.223. The third kappa shape index (κ3) is 3.28. The molecule has 0 aliphatic carbocycles. The molecule has 2 aliphatic heterocycles. The molecule has 0 N–H and O–H groups in total. The number of carbonyl (C=O) groups is 2. The molecule has 0 atom stereocenters. The van der Waals surface area contributed by atoms with Gasteiger partial charge >= 0.3 is 0 Å². The van der Waals surface area contributed by atoms with Crippen molar-refractivity contribution >= 4 is 44.7 Å². The first-order valence-corrected chi connectivity index (χ1v) is 13.9. The van der Waals surface area contributed by atoms with Crippen LogP contribution in [-0.2, 0) is 28.1 Å². The van der Waals surface area contributed by atoms with Crippen LogP contribution < -0.4 is 9.80 Å². The summed E-state index contributed by atoms with van der Waals surface area (Å²) in [5, 5.41) is 4.47. The van der Waals surface area contributed by atoms with E-state index < -0.39 is 5.41 Å². The standard InChI is InChI=1S/C37H26N2O2/c40-35-37(31-19-5-7-21-33(31)38(35)23-27-15-9-13-25-11-1-3-17-29(25)27)32-20-6-8-22-34(32)39(36(37)41)24-28-16-10-14-26-12-2-4-18-30(26)28/h1-22H,23-24H2. The van der Waals surface area contributed by atoms with Crippen molar-refractivity contribution in [3.8, 4) is 0 Å². The Morgan fingerprint density at radius 2 is 0.829 bits per heavy atom. The molecule has 0 bridgehead atoms. The van der Waals surface area contributed by atoms with Crippen molar-refractivity contribution in [2.24, 2.45) is 0 Å². The van der Waals surface area contributed by atoms with E-state index in [0.29, 0.717) is 13.1 Å².